The second-order valence-corrected chi connectivity index (χ2v) is 6.76. The van der Waals surface area contributed by atoms with E-state index in [1.54, 1.807) is 6.07 Å². The second kappa shape index (κ2) is 6.04. The molecule has 0 saturated carbocycles. The highest BCUT2D eigenvalue weighted by Crippen LogP contribution is 2.30. The number of hydrogen-bond donors (Lipinski definition) is 2. The Kier molecular flexibility index (Phi) is 4.09. The van der Waals surface area contributed by atoms with E-state index in [-0.39, 0.29) is 0 Å². The van der Waals surface area contributed by atoms with Crippen molar-refractivity contribution < 1.29 is 9.90 Å². The van der Waals surface area contributed by atoms with Crippen molar-refractivity contribution in [2.75, 3.05) is 0 Å². The molecule has 120 valence electrons. The third kappa shape index (κ3) is 2.94. The molecule has 3 aromatic rings. The van der Waals surface area contributed by atoms with Gasteiger partial charge >= 0.3 is 5.97 Å². The fourth-order valence-electron chi connectivity index (χ4n) is 2.57. The summed E-state index contributed by atoms with van der Waals surface area (Å²) in [6.45, 7) is 7.24. The minimum Gasteiger partial charge on any atom is -0.477 e. The Balaban J connectivity index is 1.93. The fraction of sp³-hybridized carbons (Fsp3) is 0.294. The second-order valence-electron chi connectivity index (χ2n) is 5.68. The van der Waals surface area contributed by atoms with Crippen molar-refractivity contribution in [1.82, 2.24) is 14.8 Å². The Hall–Kier alpha value is -2.34. The van der Waals surface area contributed by atoms with Crippen LogP contribution in [0, 0.1) is 0 Å². The normalized spacial score (nSPS) is 11.3. The molecule has 0 saturated heterocycles. The number of hydrogen-bond acceptors (Lipinski definition) is 3. The molecule has 3 aromatic heterocycles. The lowest BCUT2D eigenvalue weighted by Crippen LogP contribution is -2.03. The Morgan fingerprint density at radius 3 is 2.61 bits per heavy atom. The number of carboxylic acids is 1. The predicted molar refractivity (Wildman–Crippen MR) is 92.0 cm³/mol. The molecule has 0 aliphatic carbocycles. The minimum atomic E-state index is -0.892. The molecule has 0 spiro atoms. The highest BCUT2D eigenvalue weighted by atomic mass is 32.1. The molecule has 6 heteroatoms. The maximum Gasteiger partial charge on any atom is 0.345 e. The Morgan fingerprint density at radius 1 is 1.30 bits per heavy atom. The van der Waals surface area contributed by atoms with Gasteiger partial charge in [-0.3, -0.25) is 4.68 Å². The van der Waals surface area contributed by atoms with Gasteiger partial charge in [0.2, 0.25) is 0 Å². The van der Waals surface area contributed by atoms with Crippen molar-refractivity contribution in [2.45, 2.75) is 33.2 Å². The maximum absolute atomic E-state index is 11.0. The van der Waals surface area contributed by atoms with Crippen LogP contribution in [-0.2, 0) is 6.54 Å². The molecule has 3 rings (SSSR count). The molecule has 0 atom stereocenters. The number of carboxylic acid groups (broad SMARTS) is 1. The lowest BCUT2D eigenvalue weighted by Gasteiger charge is -2.06. The maximum atomic E-state index is 11.0. The number of nitrogens with one attached hydrogen (secondary N) is 1. The zero-order chi connectivity index (χ0) is 16.6. The van der Waals surface area contributed by atoms with Crippen molar-refractivity contribution in [3.8, 4) is 22.0 Å². The number of H-pyrrole nitrogens is 1. The standard InChI is InChI=1S/C17H19N3O2S/c1-4-20-14(10(2)3)9-13(19-20)11-5-6-12(18-11)15-7-8-16(23-15)17(21)22/h5-10,18H,4H2,1-3H3,(H,21,22). The van der Waals surface area contributed by atoms with E-state index < -0.39 is 5.97 Å². The van der Waals surface area contributed by atoms with Crippen LogP contribution in [0.1, 0.15) is 42.1 Å². The number of aromatic carboxylic acids is 1. The number of rotatable bonds is 5. The van der Waals surface area contributed by atoms with Gasteiger partial charge in [0.05, 0.1) is 16.3 Å². The summed E-state index contributed by atoms with van der Waals surface area (Å²) in [6.07, 6.45) is 0. The topological polar surface area (TPSA) is 70.9 Å². The van der Waals surface area contributed by atoms with Gasteiger partial charge in [0, 0.05) is 12.2 Å². The average Bonchev–Trinajstić information content (AvgIpc) is 3.24. The van der Waals surface area contributed by atoms with E-state index in [9.17, 15) is 4.79 Å². The lowest BCUT2D eigenvalue weighted by molar-refractivity contribution is 0.0702. The molecular weight excluding hydrogens is 310 g/mol. The van der Waals surface area contributed by atoms with E-state index in [1.165, 1.54) is 17.0 Å². The molecule has 23 heavy (non-hydrogen) atoms. The van der Waals surface area contributed by atoms with Crippen LogP contribution >= 0.6 is 11.3 Å². The van der Waals surface area contributed by atoms with Gasteiger partial charge in [-0.15, -0.1) is 11.3 Å². The molecule has 0 aromatic carbocycles. The van der Waals surface area contributed by atoms with Gasteiger partial charge in [-0.25, -0.2) is 4.79 Å². The SMILES string of the molecule is CCn1nc(-c2ccc(-c3ccc(C(=O)O)s3)[nH]2)cc1C(C)C. The lowest BCUT2D eigenvalue weighted by atomic mass is 10.1. The number of carbonyl (C=O) groups is 1. The first-order chi connectivity index (χ1) is 11.0. The summed E-state index contributed by atoms with van der Waals surface area (Å²) in [5.74, 6) is -0.475. The zero-order valence-corrected chi connectivity index (χ0v) is 14.1. The Labute approximate surface area is 138 Å². The quantitative estimate of drug-likeness (QED) is 0.726. The summed E-state index contributed by atoms with van der Waals surface area (Å²) in [5, 5.41) is 13.7. The van der Waals surface area contributed by atoms with Crippen molar-refractivity contribution in [2.24, 2.45) is 0 Å². The molecule has 0 fully saturated rings. The highest BCUT2D eigenvalue weighted by molar-refractivity contribution is 7.17. The summed E-state index contributed by atoms with van der Waals surface area (Å²) >= 11 is 1.26. The van der Waals surface area contributed by atoms with Crippen molar-refractivity contribution in [3.05, 3.63) is 40.9 Å². The third-order valence-corrected chi connectivity index (χ3v) is 4.85. The van der Waals surface area contributed by atoms with Crippen molar-refractivity contribution >= 4 is 17.3 Å². The first-order valence-corrected chi connectivity index (χ1v) is 8.42. The monoisotopic (exact) mass is 329 g/mol. The molecule has 0 aliphatic rings. The number of nitrogens with zero attached hydrogens (tertiary/aromatic N) is 2. The molecule has 0 radical (unpaired) electrons. The van der Waals surface area contributed by atoms with Crippen LogP contribution in [0.3, 0.4) is 0 Å². The largest absolute Gasteiger partial charge is 0.477 e. The summed E-state index contributed by atoms with van der Waals surface area (Å²) in [4.78, 5) is 15.6. The van der Waals surface area contributed by atoms with Gasteiger partial charge < -0.3 is 10.1 Å². The molecule has 5 nitrogen and oxygen atoms in total. The molecule has 0 aliphatic heterocycles. The summed E-state index contributed by atoms with van der Waals surface area (Å²) < 4.78 is 2.02. The van der Waals surface area contributed by atoms with Crippen LogP contribution in [-0.4, -0.2) is 25.8 Å². The number of thiophene rings is 1. The van der Waals surface area contributed by atoms with Crippen LogP contribution < -0.4 is 0 Å². The first-order valence-electron chi connectivity index (χ1n) is 7.60. The Bertz CT molecular complexity index is 842. The van der Waals surface area contributed by atoms with Gasteiger partial charge in [-0.1, -0.05) is 13.8 Å². The van der Waals surface area contributed by atoms with Crippen molar-refractivity contribution in [1.29, 1.82) is 0 Å². The molecule has 0 bridgehead atoms. The van der Waals surface area contributed by atoms with Crippen LogP contribution in [0.2, 0.25) is 0 Å². The van der Waals surface area contributed by atoms with Gasteiger partial charge in [0.15, 0.2) is 0 Å². The predicted octanol–water partition coefficient (Wildman–Crippen LogP) is 4.45. The average molecular weight is 329 g/mol. The molecule has 0 unspecified atom stereocenters. The zero-order valence-electron chi connectivity index (χ0n) is 13.3. The van der Waals surface area contributed by atoms with Crippen molar-refractivity contribution in [3.63, 3.8) is 0 Å². The van der Waals surface area contributed by atoms with Crippen LogP contribution in [0.25, 0.3) is 22.0 Å². The van der Waals surface area contributed by atoms with E-state index >= 15 is 0 Å². The first kappa shape index (κ1) is 15.6. The fourth-order valence-corrected chi connectivity index (χ4v) is 3.39. The number of aromatic amines is 1. The van der Waals surface area contributed by atoms with E-state index in [4.69, 9.17) is 5.11 Å². The Morgan fingerprint density at radius 2 is 2.04 bits per heavy atom. The van der Waals surface area contributed by atoms with Gasteiger partial charge in [0.1, 0.15) is 10.6 Å². The number of aryl methyl sites for hydroxylation is 1. The highest BCUT2D eigenvalue weighted by Gasteiger charge is 2.14. The van der Waals surface area contributed by atoms with E-state index in [2.05, 4.69) is 36.9 Å². The van der Waals surface area contributed by atoms with Gasteiger partial charge in [0.25, 0.3) is 0 Å². The smallest absolute Gasteiger partial charge is 0.345 e. The third-order valence-electron chi connectivity index (χ3n) is 3.75. The summed E-state index contributed by atoms with van der Waals surface area (Å²) in [5.41, 5.74) is 3.98. The summed E-state index contributed by atoms with van der Waals surface area (Å²) in [7, 11) is 0. The molecular formula is C17H19N3O2S. The molecule has 0 amide bonds. The van der Waals surface area contributed by atoms with Crippen LogP contribution in [0.5, 0.6) is 0 Å². The van der Waals surface area contributed by atoms with Gasteiger partial charge in [-0.2, -0.15) is 5.10 Å². The van der Waals surface area contributed by atoms with E-state index in [0.717, 1.165) is 28.5 Å². The minimum absolute atomic E-state index is 0.341. The summed E-state index contributed by atoms with van der Waals surface area (Å²) in [6, 6.07) is 9.52. The van der Waals surface area contributed by atoms with Crippen LogP contribution in [0.15, 0.2) is 30.3 Å². The number of aromatic nitrogens is 3. The molecule has 3 heterocycles. The van der Waals surface area contributed by atoms with Crippen LogP contribution in [0.4, 0.5) is 0 Å². The van der Waals surface area contributed by atoms with E-state index in [0.29, 0.717) is 10.8 Å². The van der Waals surface area contributed by atoms with E-state index in [1.807, 2.05) is 22.9 Å². The molecule has 2 N–H and O–H groups in total. The van der Waals surface area contributed by atoms with Gasteiger partial charge in [-0.05, 0) is 43.2 Å².